The molecule has 28 heavy (non-hydrogen) atoms. The molecule has 3 fully saturated rings. The fourth-order valence-corrected chi connectivity index (χ4v) is 5.46. The lowest BCUT2D eigenvalue weighted by atomic mass is 9.73. The highest BCUT2D eigenvalue weighted by Crippen LogP contribution is 2.55. The summed E-state index contributed by atoms with van der Waals surface area (Å²) in [5.74, 6) is 1.80. The van der Waals surface area contributed by atoms with E-state index in [-0.39, 0.29) is 24.2 Å². The molecule has 1 aromatic heterocycles. The molecule has 3 aliphatic rings. The van der Waals surface area contributed by atoms with Gasteiger partial charge >= 0.3 is 0 Å². The summed E-state index contributed by atoms with van der Waals surface area (Å²) in [6, 6.07) is 10.5. The molecule has 1 spiro atoms. The number of nitrogens with one attached hydrogen (secondary N) is 1. The van der Waals surface area contributed by atoms with Gasteiger partial charge in [0.15, 0.2) is 0 Å². The van der Waals surface area contributed by atoms with Gasteiger partial charge in [-0.1, -0.05) is 24.3 Å². The van der Waals surface area contributed by atoms with Crippen molar-refractivity contribution in [1.82, 2.24) is 10.3 Å². The number of aromatic nitrogens is 1. The molecule has 0 unspecified atom stereocenters. The SMILES string of the molecule is CCOCC(=O)NC[C@H]1[C@H]2CN(c3nccc4ccccc34)C[C@]23CC[C@H]1O3. The molecule has 4 heterocycles. The Bertz CT molecular complexity index is 883. The Balaban J connectivity index is 1.34. The van der Waals surface area contributed by atoms with E-state index in [0.29, 0.717) is 25.0 Å². The standard InChI is InChI=1S/C22H27N3O3/c1-2-27-13-20(26)24-11-17-18-12-25(14-22(18)9-7-19(17)28-22)21-16-6-4-3-5-15(16)8-10-23-21/h3-6,8,10,17-19H,2,7,9,11-14H2,1H3,(H,24,26)/t17-,18+,19+,22+/m0/s1. The molecule has 1 amide bonds. The Kier molecular flexibility index (Phi) is 4.48. The number of carbonyl (C=O) groups excluding carboxylic acids is 1. The van der Waals surface area contributed by atoms with Crippen LogP contribution in [0.5, 0.6) is 0 Å². The van der Waals surface area contributed by atoms with Crippen molar-refractivity contribution in [3.05, 3.63) is 36.5 Å². The van der Waals surface area contributed by atoms with Crippen molar-refractivity contribution in [2.24, 2.45) is 11.8 Å². The van der Waals surface area contributed by atoms with Gasteiger partial charge in [0.05, 0.1) is 11.7 Å². The molecule has 6 nitrogen and oxygen atoms in total. The van der Waals surface area contributed by atoms with E-state index in [9.17, 15) is 4.79 Å². The Labute approximate surface area is 165 Å². The molecule has 148 valence electrons. The summed E-state index contributed by atoms with van der Waals surface area (Å²) in [6.07, 6.45) is 4.35. The maximum absolute atomic E-state index is 12.0. The lowest BCUT2D eigenvalue weighted by Gasteiger charge is -2.29. The average Bonchev–Trinajstić information content (AvgIpc) is 3.38. The molecule has 0 aliphatic carbocycles. The number of rotatable bonds is 6. The maximum Gasteiger partial charge on any atom is 0.246 e. The summed E-state index contributed by atoms with van der Waals surface area (Å²) in [7, 11) is 0. The van der Waals surface area contributed by atoms with Crippen molar-refractivity contribution in [3.8, 4) is 0 Å². The van der Waals surface area contributed by atoms with Gasteiger partial charge in [-0.15, -0.1) is 0 Å². The van der Waals surface area contributed by atoms with E-state index in [4.69, 9.17) is 14.5 Å². The Hall–Kier alpha value is -2.18. The summed E-state index contributed by atoms with van der Waals surface area (Å²) < 4.78 is 11.7. The normalized spacial score (nSPS) is 30.8. The van der Waals surface area contributed by atoms with Crippen molar-refractivity contribution < 1.29 is 14.3 Å². The number of carbonyl (C=O) groups is 1. The van der Waals surface area contributed by atoms with Crippen LogP contribution in [0.15, 0.2) is 36.5 Å². The highest BCUT2D eigenvalue weighted by Gasteiger charge is 2.63. The first-order valence-electron chi connectivity index (χ1n) is 10.3. The quantitative estimate of drug-likeness (QED) is 0.832. The molecule has 3 aliphatic heterocycles. The average molecular weight is 381 g/mol. The minimum absolute atomic E-state index is 0.0377. The molecule has 2 aromatic rings. The molecule has 0 saturated carbocycles. The number of ether oxygens (including phenoxy) is 2. The number of fused-ring (bicyclic) bond motifs is 2. The van der Waals surface area contributed by atoms with Gasteiger partial charge in [0.1, 0.15) is 12.4 Å². The topological polar surface area (TPSA) is 63.7 Å². The monoisotopic (exact) mass is 381 g/mol. The van der Waals surface area contributed by atoms with Crippen LogP contribution in [0.3, 0.4) is 0 Å². The van der Waals surface area contributed by atoms with Crippen LogP contribution >= 0.6 is 0 Å². The van der Waals surface area contributed by atoms with Crippen LogP contribution in [0, 0.1) is 11.8 Å². The molecular formula is C22H27N3O3. The molecule has 0 radical (unpaired) electrons. The zero-order chi connectivity index (χ0) is 19.1. The first-order valence-corrected chi connectivity index (χ1v) is 10.3. The summed E-state index contributed by atoms with van der Waals surface area (Å²) in [6.45, 7) is 5.08. The maximum atomic E-state index is 12.0. The van der Waals surface area contributed by atoms with Gasteiger partial charge in [0, 0.05) is 49.7 Å². The predicted octanol–water partition coefficient (Wildman–Crippen LogP) is 2.37. The van der Waals surface area contributed by atoms with E-state index in [1.807, 2.05) is 13.1 Å². The third kappa shape index (κ3) is 2.86. The van der Waals surface area contributed by atoms with Crippen LogP contribution in [-0.2, 0) is 14.3 Å². The Morgan fingerprint density at radius 1 is 1.39 bits per heavy atom. The summed E-state index contributed by atoms with van der Waals surface area (Å²) >= 11 is 0. The number of nitrogens with zero attached hydrogens (tertiary/aromatic N) is 2. The lowest BCUT2D eigenvalue weighted by molar-refractivity contribution is -0.125. The van der Waals surface area contributed by atoms with Crippen LogP contribution in [0.25, 0.3) is 10.8 Å². The van der Waals surface area contributed by atoms with Crippen LogP contribution in [0.1, 0.15) is 19.8 Å². The third-order valence-corrected chi connectivity index (χ3v) is 6.71. The Morgan fingerprint density at radius 2 is 2.29 bits per heavy atom. The molecule has 1 aromatic carbocycles. The summed E-state index contributed by atoms with van der Waals surface area (Å²) in [5.41, 5.74) is -0.0847. The van der Waals surface area contributed by atoms with Gasteiger partial charge in [-0.3, -0.25) is 4.79 Å². The first-order chi connectivity index (χ1) is 13.7. The number of hydrogen-bond acceptors (Lipinski definition) is 5. The van der Waals surface area contributed by atoms with Crippen LogP contribution < -0.4 is 10.2 Å². The van der Waals surface area contributed by atoms with Gasteiger partial charge in [-0.2, -0.15) is 0 Å². The van der Waals surface area contributed by atoms with Crippen molar-refractivity contribution in [2.75, 3.05) is 37.7 Å². The number of anilines is 1. The molecule has 6 heteroatoms. The van der Waals surface area contributed by atoms with Crippen molar-refractivity contribution >= 4 is 22.5 Å². The number of hydrogen-bond donors (Lipinski definition) is 1. The predicted molar refractivity (Wildman–Crippen MR) is 107 cm³/mol. The fourth-order valence-electron chi connectivity index (χ4n) is 5.46. The zero-order valence-electron chi connectivity index (χ0n) is 16.3. The van der Waals surface area contributed by atoms with E-state index in [1.165, 1.54) is 10.8 Å². The van der Waals surface area contributed by atoms with E-state index < -0.39 is 0 Å². The number of benzene rings is 1. The first kappa shape index (κ1) is 17.9. The van der Waals surface area contributed by atoms with E-state index in [1.54, 1.807) is 0 Å². The van der Waals surface area contributed by atoms with Crippen LogP contribution in [-0.4, -0.2) is 55.4 Å². The molecule has 3 saturated heterocycles. The van der Waals surface area contributed by atoms with Gasteiger partial charge in [-0.05, 0) is 31.2 Å². The lowest BCUT2D eigenvalue weighted by Crippen LogP contribution is -2.42. The third-order valence-electron chi connectivity index (χ3n) is 6.71. The van der Waals surface area contributed by atoms with E-state index in [2.05, 4.69) is 40.5 Å². The van der Waals surface area contributed by atoms with Crippen molar-refractivity contribution in [3.63, 3.8) is 0 Å². The highest BCUT2D eigenvalue weighted by atomic mass is 16.5. The minimum atomic E-state index is -0.0847. The fraction of sp³-hybridized carbons (Fsp3) is 0.545. The molecule has 4 atom stereocenters. The highest BCUT2D eigenvalue weighted by molar-refractivity contribution is 5.92. The van der Waals surface area contributed by atoms with E-state index in [0.717, 1.165) is 31.7 Å². The molecule has 5 rings (SSSR count). The largest absolute Gasteiger partial charge is 0.372 e. The summed E-state index contributed by atoms with van der Waals surface area (Å²) in [5, 5.41) is 5.47. The van der Waals surface area contributed by atoms with Crippen molar-refractivity contribution in [2.45, 2.75) is 31.5 Å². The Morgan fingerprint density at radius 3 is 3.18 bits per heavy atom. The van der Waals surface area contributed by atoms with Crippen LogP contribution in [0.2, 0.25) is 0 Å². The molecule has 1 N–H and O–H groups in total. The zero-order valence-corrected chi connectivity index (χ0v) is 16.3. The number of amides is 1. The van der Waals surface area contributed by atoms with Gasteiger partial charge in [0.25, 0.3) is 0 Å². The summed E-state index contributed by atoms with van der Waals surface area (Å²) in [4.78, 5) is 19.1. The minimum Gasteiger partial charge on any atom is -0.372 e. The second-order valence-corrected chi connectivity index (χ2v) is 8.21. The van der Waals surface area contributed by atoms with Gasteiger partial charge < -0.3 is 19.7 Å². The van der Waals surface area contributed by atoms with Gasteiger partial charge in [-0.25, -0.2) is 4.98 Å². The van der Waals surface area contributed by atoms with Crippen molar-refractivity contribution in [1.29, 1.82) is 0 Å². The van der Waals surface area contributed by atoms with Gasteiger partial charge in [0.2, 0.25) is 5.91 Å². The van der Waals surface area contributed by atoms with Crippen LogP contribution in [0.4, 0.5) is 5.82 Å². The molecular weight excluding hydrogens is 354 g/mol. The smallest absolute Gasteiger partial charge is 0.246 e. The molecule has 2 bridgehead atoms. The second kappa shape index (κ2) is 7.01. The second-order valence-electron chi connectivity index (χ2n) is 8.21. The number of pyridine rings is 1. The van der Waals surface area contributed by atoms with E-state index >= 15 is 0 Å².